The predicted molar refractivity (Wildman–Crippen MR) is 99.2 cm³/mol. The topological polar surface area (TPSA) is 72.7 Å². The number of hydrogen-bond donors (Lipinski definition) is 1. The third-order valence-electron chi connectivity index (χ3n) is 3.73. The van der Waals surface area contributed by atoms with E-state index in [1.54, 1.807) is 25.3 Å². The molecule has 2 aromatic heterocycles. The van der Waals surface area contributed by atoms with Gasteiger partial charge in [0.1, 0.15) is 6.33 Å². The van der Waals surface area contributed by atoms with E-state index in [0.29, 0.717) is 11.6 Å². The van der Waals surface area contributed by atoms with Crippen LogP contribution in [0.3, 0.4) is 0 Å². The van der Waals surface area contributed by atoms with Crippen molar-refractivity contribution in [2.45, 2.75) is 19.1 Å². The minimum Gasteiger partial charge on any atom is -0.342 e. The molecule has 2 heterocycles. The Kier molecular flexibility index (Phi) is 5.71. The van der Waals surface area contributed by atoms with Crippen molar-refractivity contribution in [3.63, 3.8) is 0 Å². The third kappa shape index (κ3) is 4.50. The molecule has 0 bridgehead atoms. The number of nitrogens with zero attached hydrogens (tertiary/aromatic N) is 4. The van der Waals surface area contributed by atoms with Crippen LogP contribution in [0.4, 0.5) is 13.2 Å². The highest BCUT2D eigenvalue weighted by molar-refractivity contribution is 9.10. The molecule has 0 fully saturated rings. The molecule has 0 aliphatic heterocycles. The monoisotopic (exact) mass is 473 g/mol. The molecule has 146 valence electrons. The maximum atomic E-state index is 12.9. The molecule has 0 saturated heterocycles. The number of carbonyl (C=O) groups is 1. The van der Waals surface area contributed by atoms with Crippen LogP contribution in [0, 0.1) is 0 Å². The van der Waals surface area contributed by atoms with Crippen molar-refractivity contribution in [3.05, 3.63) is 69.3 Å². The first-order chi connectivity index (χ1) is 13.1. The quantitative estimate of drug-likeness (QED) is 0.600. The average molecular weight is 475 g/mol. The molecule has 3 rings (SSSR count). The lowest BCUT2D eigenvalue weighted by atomic mass is 10.1. The highest BCUT2D eigenvalue weighted by atomic mass is 79.9. The molecule has 6 nitrogen and oxygen atoms in total. The van der Waals surface area contributed by atoms with Crippen molar-refractivity contribution < 1.29 is 18.0 Å². The number of pyridine rings is 1. The maximum absolute atomic E-state index is 12.9. The second-order valence-corrected chi connectivity index (χ2v) is 7.14. The standard InChI is InChI=1S/C17H12BrClF3N5O/c1-9(15-24-8-25-27(15)14-3-2-12(18)7-23-14)26-16(28)10-4-11(17(20,21)22)6-13(19)5-10/h2-9H,1H3,(H,26,28). The number of nitrogens with one attached hydrogen (secondary N) is 1. The molecule has 1 aromatic carbocycles. The van der Waals surface area contributed by atoms with E-state index in [9.17, 15) is 18.0 Å². The fourth-order valence-corrected chi connectivity index (χ4v) is 2.91. The number of amides is 1. The molecule has 11 heteroatoms. The van der Waals surface area contributed by atoms with Gasteiger partial charge in [-0.1, -0.05) is 11.6 Å². The SMILES string of the molecule is CC(NC(=O)c1cc(Cl)cc(C(F)(F)F)c1)c1ncnn1-c1ccc(Br)cn1. The fourth-order valence-electron chi connectivity index (χ4n) is 2.44. The van der Waals surface area contributed by atoms with Gasteiger partial charge in [0.25, 0.3) is 5.91 Å². The van der Waals surface area contributed by atoms with Crippen LogP contribution in [-0.2, 0) is 6.18 Å². The minimum atomic E-state index is -4.61. The van der Waals surface area contributed by atoms with Crippen LogP contribution >= 0.6 is 27.5 Å². The summed E-state index contributed by atoms with van der Waals surface area (Å²) in [5, 5.41) is 6.50. The van der Waals surface area contributed by atoms with Gasteiger partial charge < -0.3 is 5.32 Å². The summed E-state index contributed by atoms with van der Waals surface area (Å²) >= 11 is 9.02. The number of hydrogen-bond acceptors (Lipinski definition) is 4. The summed E-state index contributed by atoms with van der Waals surface area (Å²) in [5.41, 5.74) is -1.21. The first kappa shape index (κ1) is 20.3. The van der Waals surface area contributed by atoms with Gasteiger partial charge in [0.15, 0.2) is 11.6 Å². The number of benzene rings is 1. The minimum absolute atomic E-state index is 0.185. The van der Waals surface area contributed by atoms with E-state index in [-0.39, 0.29) is 10.6 Å². The lowest BCUT2D eigenvalue weighted by molar-refractivity contribution is -0.137. The summed E-state index contributed by atoms with van der Waals surface area (Å²) in [6.45, 7) is 1.63. The number of carbonyl (C=O) groups excluding carboxylic acids is 1. The van der Waals surface area contributed by atoms with Crippen LogP contribution in [0.25, 0.3) is 5.82 Å². The predicted octanol–water partition coefficient (Wildman–Crippen LogP) is 4.59. The molecule has 0 radical (unpaired) electrons. The molecule has 0 spiro atoms. The van der Waals surface area contributed by atoms with Gasteiger partial charge in [-0.15, -0.1) is 0 Å². The van der Waals surface area contributed by atoms with Gasteiger partial charge in [-0.3, -0.25) is 4.79 Å². The molecule has 1 N–H and O–H groups in total. The molecule has 1 unspecified atom stereocenters. The van der Waals surface area contributed by atoms with Crippen molar-refractivity contribution in [1.29, 1.82) is 0 Å². The number of rotatable bonds is 4. The zero-order valence-corrected chi connectivity index (χ0v) is 16.5. The van der Waals surface area contributed by atoms with Crippen LogP contribution in [0.15, 0.2) is 47.3 Å². The van der Waals surface area contributed by atoms with E-state index in [0.717, 1.165) is 16.6 Å². The Morgan fingerprint density at radius 3 is 2.64 bits per heavy atom. The Hall–Kier alpha value is -2.46. The van der Waals surface area contributed by atoms with E-state index in [1.807, 2.05) is 0 Å². The van der Waals surface area contributed by atoms with Crippen LogP contribution in [0.5, 0.6) is 0 Å². The molecule has 0 aliphatic carbocycles. The lowest BCUT2D eigenvalue weighted by Crippen LogP contribution is -2.29. The number of halogens is 5. The van der Waals surface area contributed by atoms with Crippen LogP contribution in [0.2, 0.25) is 5.02 Å². The van der Waals surface area contributed by atoms with Gasteiger partial charge in [-0.05, 0) is 53.2 Å². The second kappa shape index (κ2) is 7.88. The summed E-state index contributed by atoms with van der Waals surface area (Å²) in [6, 6.07) is 5.48. The largest absolute Gasteiger partial charge is 0.416 e. The summed E-state index contributed by atoms with van der Waals surface area (Å²) in [4.78, 5) is 20.8. The molecule has 0 saturated carbocycles. The third-order valence-corrected chi connectivity index (χ3v) is 4.41. The summed E-state index contributed by atoms with van der Waals surface area (Å²) in [5.74, 6) is 0.110. The summed E-state index contributed by atoms with van der Waals surface area (Å²) in [6.07, 6.45) is -1.74. The number of aromatic nitrogens is 4. The normalized spacial score (nSPS) is 12.6. The molecule has 1 atom stereocenters. The molecule has 3 aromatic rings. The van der Waals surface area contributed by atoms with Gasteiger partial charge in [0, 0.05) is 21.3 Å². The summed E-state index contributed by atoms with van der Waals surface area (Å²) in [7, 11) is 0. The van der Waals surface area contributed by atoms with E-state index in [2.05, 4.69) is 36.3 Å². The van der Waals surface area contributed by atoms with Gasteiger partial charge in [0.05, 0.1) is 11.6 Å². The van der Waals surface area contributed by atoms with Gasteiger partial charge in [-0.25, -0.2) is 9.97 Å². The Morgan fingerprint density at radius 1 is 1.25 bits per heavy atom. The van der Waals surface area contributed by atoms with Gasteiger partial charge in [0.2, 0.25) is 0 Å². The smallest absolute Gasteiger partial charge is 0.342 e. The van der Waals surface area contributed by atoms with Crippen molar-refractivity contribution >= 4 is 33.4 Å². The van der Waals surface area contributed by atoms with Crippen molar-refractivity contribution in [2.75, 3.05) is 0 Å². The van der Waals surface area contributed by atoms with Crippen LogP contribution in [0.1, 0.15) is 34.7 Å². The van der Waals surface area contributed by atoms with Gasteiger partial charge >= 0.3 is 6.18 Å². The van der Waals surface area contributed by atoms with Crippen molar-refractivity contribution in [3.8, 4) is 5.82 Å². The molecule has 0 aliphatic rings. The van der Waals surface area contributed by atoms with Crippen LogP contribution in [-0.4, -0.2) is 25.7 Å². The maximum Gasteiger partial charge on any atom is 0.416 e. The fraction of sp³-hybridized carbons (Fsp3) is 0.176. The van der Waals surface area contributed by atoms with E-state index < -0.39 is 23.7 Å². The molecular weight excluding hydrogens is 463 g/mol. The van der Waals surface area contributed by atoms with E-state index >= 15 is 0 Å². The number of alkyl halides is 3. The van der Waals surface area contributed by atoms with Crippen LogP contribution < -0.4 is 5.32 Å². The van der Waals surface area contributed by atoms with Crippen molar-refractivity contribution in [2.24, 2.45) is 0 Å². The Morgan fingerprint density at radius 2 is 2.00 bits per heavy atom. The van der Waals surface area contributed by atoms with E-state index in [1.165, 1.54) is 17.1 Å². The highest BCUT2D eigenvalue weighted by Crippen LogP contribution is 2.32. The lowest BCUT2D eigenvalue weighted by Gasteiger charge is -2.15. The van der Waals surface area contributed by atoms with Crippen molar-refractivity contribution in [1.82, 2.24) is 25.1 Å². The molecule has 28 heavy (non-hydrogen) atoms. The zero-order valence-electron chi connectivity index (χ0n) is 14.2. The first-order valence-corrected chi connectivity index (χ1v) is 9.03. The zero-order chi connectivity index (χ0) is 20.5. The Balaban J connectivity index is 1.84. The average Bonchev–Trinajstić information content (AvgIpc) is 3.11. The highest BCUT2D eigenvalue weighted by Gasteiger charge is 2.32. The first-order valence-electron chi connectivity index (χ1n) is 7.85. The molecule has 1 amide bonds. The Labute approximate surface area is 170 Å². The van der Waals surface area contributed by atoms with Gasteiger partial charge in [-0.2, -0.15) is 23.0 Å². The Bertz CT molecular complexity index is 1010. The second-order valence-electron chi connectivity index (χ2n) is 5.79. The van der Waals surface area contributed by atoms with E-state index in [4.69, 9.17) is 11.6 Å². The summed E-state index contributed by atoms with van der Waals surface area (Å²) < 4.78 is 41.0. The molecular formula is C17H12BrClF3N5O.